The summed E-state index contributed by atoms with van der Waals surface area (Å²) in [6.45, 7) is 3.06. The molecule has 1 saturated carbocycles. The number of hydrogen-bond donors (Lipinski definition) is 0. The highest BCUT2D eigenvalue weighted by Crippen LogP contribution is 2.40. The molecule has 1 aromatic carbocycles. The second-order valence-corrected chi connectivity index (χ2v) is 6.90. The number of carbonyl (C=O) groups is 2. The minimum absolute atomic E-state index is 0.152. The average molecular weight is 334 g/mol. The van der Waals surface area contributed by atoms with E-state index < -0.39 is 33.6 Å². The van der Waals surface area contributed by atoms with Gasteiger partial charge in [-0.2, -0.15) is 0 Å². The zero-order chi connectivity index (χ0) is 18.1. The van der Waals surface area contributed by atoms with Crippen LogP contribution in [0.15, 0.2) is 24.3 Å². The summed E-state index contributed by atoms with van der Waals surface area (Å²) < 4.78 is 0. The summed E-state index contributed by atoms with van der Waals surface area (Å²) in [6, 6.07) is 5.22. The van der Waals surface area contributed by atoms with Crippen molar-refractivity contribution in [2.75, 3.05) is 6.54 Å². The van der Waals surface area contributed by atoms with Crippen molar-refractivity contribution in [1.29, 1.82) is 0 Å². The number of non-ortho nitro benzene ring substituents is 1. The lowest BCUT2D eigenvalue weighted by molar-refractivity contribution is -0.484. The van der Waals surface area contributed by atoms with Crippen LogP contribution in [0.4, 0.5) is 5.69 Å². The maximum Gasteiger partial charge on any atom is 0.269 e. The van der Waals surface area contributed by atoms with Gasteiger partial charge in [0, 0.05) is 29.9 Å². The first-order valence-electron chi connectivity index (χ1n) is 7.52. The third-order valence-corrected chi connectivity index (χ3v) is 4.28. The molecule has 0 radical (unpaired) electrons. The molecule has 0 bridgehead atoms. The highest BCUT2D eigenvalue weighted by Gasteiger charge is 2.45. The van der Waals surface area contributed by atoms with Gasteiger partial charge < -0.3 is 0 Å². The summed E-state index contributed by atoms with van der Waals surface area (Å²) in [6.07, 6.45) is 0.370. The molecule has 1 unspecified atom stereocenters. The van der Waals surface area contributed by atoms with E-state index in [2.05, 4.69) is 0 Å². The van der Waals surface area contributed by atoms with Crippen LogP contribution in [0.1, 0.15) is 38.2 Å². The van der Waals surface area contributed by atoms with Crippen LogP contribution in [0, 0.1) is 31.6 Å². The summed E-state index contributed by atoms with van der Waals surface area (Å²) in [4.78, 5) is 45.5. The Bertz CT molecular complexity index is 675. The van der Waals surface area contributed by atoms with E-state index in [-0.39, 0.29) is 30.1 Å². The zero-order valence-corrected chi connectivity index (χ0v) is 13.4. The lowest BCUT2D eigenvalue weighted by Crippen LogP contribution is -2.42. The molecule has 0 saturated heterocycles. The molecule has 1 atom stereocenters. The quantitative estimate of drug-likeness (QED) is 0.463. The molecule has 8 heteroatoms. The molecule has 0 amide bonds. The Kier molecular flexibility index (Phi) is 4.77. The molecular formula is C16H18N2O6. The van der Waals surface area contributed by atoms with E-state index in [1.54, 1.807) is 0 Å². The normalized spacial score (nSPS) is 19.1. The molecule has 1 aliphatic rings. The van der Waals surface area contributed by atoms with E-state index in [4.69, 9.17) is 0 Å². The van der Waals surface area contributed by atoms with Gasteiger partial charge in [-0.15, -0.1) is 0 Å². The summed E-state index contributed by atoms with van der Waals surface area (Å²) in [7, 11) is 0. The van der Waals surface area contributed by atoms with Crippen molar-refractivity contribution < 1.29 is 19.4 Å². The minimum Gasteiger partial charge on any atom is -0.299 e. The van der Waals surface area contributed by atoms with Crippen LogP contribution in [0.3, 0.4) is 0 Å². The summed E-state index contributed by atoms with van der Waals surface area (Å²) >= 11 is 0. The molecular weight excluding hydrogens is 316 g/mol. The first-order valence-corrected chi connectivity index (χ1v) is 7.52. The van der Waals surface area contributed by atoms with Crippen LogP contribution in [0.5, 0.6) is 0 Å². The molecule has 24 heavy (non-hydrogen) atoms. The highest BCUT2D eigenvalue weighted by molar-refractivity contribution is 6.06. The van der Waals surface area contributed by atoms with Gasteiger partial charge in [0.2, 0.25) is 6.54 Å². The van der Waals surface area contributed by atoms with E-state index in [0.29, 0.717) is 5.56 Å². The Morgan fingerprint density at radius 1 is 1.08 bits per heavy atom. The molecule has 0 aliphatic heterocycles. The Balaban J connectivity index is 2.38. The average Bonchev–Trinajstić information content (AvgIpc) is 2.43. The van der Waals surface area contributed by atoms with Gasteiger partial charge in [0.25, 0.3) is 5.69 Å². The number of nitro benzene ring substituents is 1. The van der Waals surface area contributed by atoms with Crippen LogP contribution in [-0.4, -0.2) is 28.0 Å². The maximum absolute atomic E-state index is 12.4. The van der Waals surface area contributed by atoms with Gasteiger partial charge in [-0.1, -0.05) is 26.0 Å². The van der Waals surface area contributed by atoms with Gasteiger partial charge in [-0.3, -0.25) is 29.8 Å². The highest BCUT2D eigenvalue weighted by atomic mass is 16.6. The summed E-state index contributed by atoms with van der Waals surface area (Å²) in [5.74, 6) is -2.58. The largest absolute Gasteiger partial charge is 0.299 e. The van der Waals surface area contributed by atoms with Gasteiger partial charge >= 0.3 is 0 Å². The Hall–Kier alpha value is -2.64. The number of rotatable bonds is 5. The Labute approximate surface area is 138 Å². The van der Waals surface area contributed by atoms with Crippen LogP contribution in [-0.2, 0) is 9.59 Å². The fourth-order valence-corrected chi connectivity index (χ4v) is 3.26. The molecule has 0 heterocycles. The molecule has 0 spiro atoms. The van der Waals surface area contributed by atoms with E-state index >= 15 is 0 Å². The summed E-state index contributed by atoms with van der Waals surface area (Å²) in [5, 5.41) is 21.7. The molecule has 2 rings (SSSR count). The lowest BCUT2D eigenvalue weighted by Gasteiger charge is -2.34. The maximum atomic E-state index is 12.4. The van der Waals surface area contributed by atoms with Crippen LogP contribution >= 0.6 is 0 Å². The predicted molar refractivity (Wildman–Crippen MR) is 84.2 cm³/mol. The standard InChI is InChI=1S/C16H18N2O6/c1-16(2)7-13(19)15(14(20)8-16)12(9-17(21)22)10-3-5-11(6-4-10)18(23)24/h3-6,12,15H,7-9H2,1-2H3. The van der Waals surface area contributed by atoms with Crippen LogP contribution in [0.2, 0.25) is 0 Å². The Morgan fingerprint density at radius 2 is 1.58 bits per heavy atom. The third-order valence-electron chi connectivity index (χ3n) is 4.28. The topological polar surface area (TPSA) is 120 Å². The molecule has 0 aromatic heterocycles. The molecule has 1 aliphatic carbocycles. The predicted octanol–water partition coefficient (Wildman–Crippen LogP) is 2.53. The fourth-order valence-electron chi connectivity index (χ4n) is 3.26. The van der Waals surface area contributed by atoms with Crippen molar-refractivity contribution in [1.82, 2.24) is 0 Å². The number of ketones is 2. The molecule has 8 nitrogen and oxygen atoms in total. The Morgan fingerprint density at radius 3 is 2.00 bits per heavy atom. The first-order chi connectivity index (χ1) is 11.1. The van der Waals surface area contributed by atoms with Crippen LogP contribution < -0.4 is 0 Å². The lowest BCUT2D eigenvalue weighted by atomic mass is 9.66. The van der Waals surface area contributed by atoms with E-state index in [9.17, 15) is 29.8 Å². The van der Waals surface area contributed by atoms with Crippen LogP contribution in [0.25, 0.3) is 0 Å². The van der Waals surface area contributed by atoms with E-state index in [1.807, 2.05) is 13.8 Å². The molecule has 0 N–H and O–H groups in total. The van der Waals surface area contributed by atoms with Crippen molar-refractivity contribution >= 4 is 17.3 Å². The number of Topliss-reactive ketones (excluding diaryl/α,β-unsaturated/α-hetero) is 2. The second kappa shape index (κ2) is 6.46. The third kappa shape index (κ3) is 3.81. The second-order valence-electron chi connectivity index (χ2n) is 6.90. The number of benzene rings is 1. The SMILES string of the molecule is CC1(C)CC(=O)C(C(C[N+](=O)[O-])c2ccc([N+](=O)[O-])cc2)C(=O)C1. The van der Waals surface area contributed by atoms with Crippen molar-refractivity contribution in [2.45, 2.75) is 32.6 Å². The van der Waals surface area contributed by atoms with Crippen molar-refractivity contribution in [3.63, 3.8) is 0 Å². The first kappa shape index (κ1) is 17.7. The van der Waals surface area contributed by atoms with Gasteiger partial charge in [0.05, 0.1) is 16.8 Å². The molecule has 128 valence electrons. The smallest absolute Gasteiger partial charge is 0.269 e. The van der Waals surface area contributed by atoms with Gasteiger partial charge in [0.15, 0.2) is 0 Å². The molecule has 1 aromatic rings. The number of nitrogens with zero attached hydrogens (tertiary/aromatic N) is 2. The van der Waals surface area contributed by atoms with E-state index in [1.165, 1.54) is 24.3 Å². The number of carbonyl (C=O) groups excluding carboxylic acids is 2. The number of nitro groups is 2. The van der Waals surface area contributed by atoms with Gasteiger partial charge in [-0.25, -0.2) is 0 Å². The van der Waals surface area contributed by atoms with E-state index in [0.717, 1.165) is 0 Å². The van der Waals surface area contributed by atoms with Gasteiger partial charge in [-0.05, 0) is 11.0 Å². The number of hydrogen-bond acceptors (Lipinski definition) is 6. The van der Waals surface area contributed by atoms with Gasteiger partial charge in [0.1, 0.15) is 11.6 Å². The monoisotopic (exact) mass is 334 g/mol. The minimum atomic E-state index is -1.06. The molecule has 1 fully saturated rings. The van der Waals surface area contributed by atoms with Crippen molar-refractivity contribution in [2.24, 2.45) is 11.3 Å². The fraction of sp³-hybridized carbons (Fsp3) is 0.500. The van der Waals surface area contributed by atoms with Crippen molar-refractivity contribution in [3.8, 4) is 0 Å². The zero-order valence-electron chi connectivity index (χ0n) is 13.4. The summed E-state index contributed by atoms with van der Waals surface area (Å²) in [5.41, 5.74) is -0.205. The van der Waals surface area contributed by atoms with Crippen molar-refractivity contribution in [3.05, 3.63) is 50.1 Å².